The molecule has 1 radical (unpaired) electrons. The van der Waals surface area contributed by atoms with Gasteiger partial charge in [0.15, 0.2) is 0 Å². The topological polar surface area (TPSA) is 137 Å². The molecule has 0 rings (SSSR count). The molecule has 0 aromatic heterocycles. The molecule has 0 saturated carbocycles. The van der Waals surface area contributed by atoms with Gasteiger partial charge >= 0.3 is 20.4 Å². The van der Waals surface area contributed by atoms with E-state index in [0.29, 0.717) is 6.08 Å². The van der Waals surface area contributed by atoms with E-state index < -0.39 is 88.4 Å². The molecule has 0 unspecified atom stereocenters. The van der Waals surface area contributed by atoms with E-state index in [1.165, 1.54) is 6.08 Å². The Kier molecular flexibility index (Phi) is 22.3. The molecule has 21 heteroatoms. The van der Waals surface area contributed by atoms with Gasteiger partial charge in [-0.05, 0) is 18.9 Å². The third-order valence-corrected chi connectivity index (χ3v) is 5.13. The van der Waals surface area contributed by atoms with Gasteiger partial charge in [0.05, 0.1) is 11.5 Å². The molecule has 0 aliphatic rings. The molecule has 0 aliphatic heterocycles. The van der Waals surface area contributed by atoms with Crippen LogP contribution in [0.2, 0.25) is 0 Å². The van der Waals surface area contributed by atoms with E-state index >= 15 is 0 Å². The fraction of sp³-hybridized carbons (Fsp3) is 0.462. The van der Waals surface area contributed by atoms with Gasteiger partial charge < -0.3 is 0 Å². The second-order valence-electron chi connectivity index (χ2n) is 5.30. The summed E-state index contributed by atoms with van der Waals surface area (Å²) in [6.07, 6.45) is -3.23. The number of rotatable bonds is 11. The van der Waals surface area contributed by atoms with Crippen molar-refractivity contribution in [3.8, 4) is 0 Å². The molecule has 201 valence electrons. The van der Waals surface area contributed by atoms with Crippen LogP contribution in [0.25, 0.3) is 0 Å². The predicted molar refractivity (Wildman–Crippen MR) is 103 cm³/mol. The molecule has 0 bridgehead atoms. The zero-order valence-electron chi connectivity index (χ0n) is 16.7. The minimum absolute atomic E-state index is 0. The molecule has 0 amide bonds. The summed E-state index contributed by atoms with van der Waals surface area (Å²) in [6.45, 7) is 3.23. The second-order valence-corrected chi connectivity index (χ2v) is 11.0. The van der Waals surface area contributed by atoms with Crippen molar-refractivity contribution in [1.82, 2.24) is 0 Å². The van der Waals surface area contributed by atoms with Crippen LogP contribution in [0.15, 0.2) is 37.0 Å². The molecule has 0 saturated heterocycles. The Morgan fingerprint density at radius 1 is 0.647 bits per heavy atom. The molecule has 0 aromatic carbocycles. The van der Waals surface area contributed by atoms with Gasteiger partial charge in [-0.15, -0.1) is 22.1 Å². The fourth-order valence-corrected chi connectivity index (χ4v) is 3.49. The molecular weight excluding hydrogens is 653 g/mol. The van der Waals surface area contributed by atoms with Crippen molar-refractivity contribution < 1.29 is 99.5 Å². The number of hydrogen-bond donors (Lipinski definition) is 0. The van der Waals surface area contributed by atoms with Crippen LogP contribution in [0.3, 0.4) is 0 Å². The largest absolute Gasteiger partial charge is 0.302 e. The van der Waals surface area contributed by atoms with Crippen molar-refractivity contribution in [2.24, 2.45) is 0 Å². The molecule has 0 aliphatic carbocycles. The zero-order chi connectivity index (χ0) is 27.1. The third-order valence-electron chi connectivity index (χ3n) is 2.25. The Hall–Kier alpha value is -0.566. The summed E-state index contributed by atoms with van der Waals surface area (Å²) in [5.74, 6) is -5.60. The summed E-state index contributed by atoms with van der Waals surface area (Å²) >= 11 is 0. The maximum atomic E-state index is 12.0. The van der Waals surface area contributed by atoms with Crippen LogP contribution < -0.4 is 0 Å². The van der Waals surface area contributed by atoms with Crippen molar-refractivity contribution in [3.63, 3.8) is 0 Å². The number of hydrogen-bond acceptors (Lipinski definition) is 8. The monoisotopic (exact) mass is 670 g/mol. The molecular formula is C13H17F8O8S4Y-. The quantitative estimate of drug-likeness (QED) is 0.142. The maximum absolute atomic E-state index is 12.0. The molecule has 0 aromatic rings. The Morgan fingerprint density at radius 2 is 1.00 bits per heavy atom. The third kappa shape index (κ3) is 45.0. The van der Waals surface area contributed by atoms with Crippen molar-refractivity contribution in [2.45, 2.75) is 12.8 Å². The minimum Gasteiger partial charge on any atom is -0.289 e. The zero-order valence-corrected chi connectivity index (χ0v) is 22.8. The van der Waals surface area contributed by atoms with Crippen LogP contribution in [0, 0.1) is 5.92 Å². The van der Waals surface area contributed by atoms with Gasteiger partial charge in [0.1, 0.15) is 6.08 Å². The van der Waals surface area contributed by atoms with Crippen LogP contribution in [0.4, 0.5) is 33.1 Å². The van der Waals surface area contributed by atoms with Gasteiger partial charge in [0.25, 0.3) is 26.5 Å². The van der Waals surface area contributed by atoms with E-state index in [1.54, 1.807) is 0 Å². The summed E-state index contributed by atoms with van der Waals surface area (Å²) in [6, 6.07) is 0. The first kappa shape index (κ1) is 40.6. The van der Waals surface area contributed by atoms with E-state index in [0.717, 1.165) is 0 Å². The SMILES string of the molecule is C=CCCS(=O)(=O)F.O=S(=O)(F)CCC=C(F)F.O=S(=O)(F)C[C-](C=C(F)F)CS(=O)(=O)F.[Y]. The van der Waals surface area contributed by atoms with E-state index in [1.807, 2.05) is 0 Å². The average molecular weight is 670 g/mol. The summed E-state index contributed by atoms with van der Waals surface area (Å²) < 4.78 is 171. The van der Waals surface area contributed by atoms with Crippen molar-refractivity contribution in [1.29, 1.82) is 0 Å². The average Bonchev–Trinajstić information content (AvgIpc) is 2.47. The minimum atomic E-state index is -5.19. The van der Waals surface area contributed by atoms with Gasteiger partial charge in [0, 0.05) is 44.2 Å². The van der Waals surface area contributed by atoms with Gasteiger partial charge in [-0.25, -0.2) is 0 Å². The predicted octanol–water partition coefficient (Wildman–Crippen LogP) is 3.26. The summed E-state index contributed by atoms with van der Waals surface area (Å²) in [4.78, 5) is 0. The van der Waals surface area contributed by atoms with Crippen LogP contribution in [-0.2, 0) is 73.6 Å². The molecule has 0 fully saturated rings. The Bertz CT molecular complexity index is 1050. The first-order valence-corrected chi connectivity index (χ1v) is 13.9. The van der Waals surface area contributed by atoms with Crippen molar-refractivity contribution in [2.75, 3.05) is 23.0 Å². The van der Waals surface area contributed by atoms with Gasteiger partial charge in [-0.2, -0.15) is 54.4 Å². The summed E-state index contributed by atoms with van der Waals surface area (Å²) in [5, 5.41) is 0. The van der Waals surface area contributed by atoms with Crippen molar-refractivity contribution in [3.05, 3.63) is 42.9 Å². The maximum Gasteiger partial charge on any atom is 0.302 e. The molecule has 8 nitrogen and oxygen atoms in total. The Morgan fingerprint density at radius 3 is 1.21 bits per heavy atom. The first-order valence-electron chi connectivity index (χ1n) is 7.66. The first-order chi connectivity index (χ1) is 14.5. The van der Waals surface area contributed by atoms with E-state index in [9.17, 15) is 66.8 Å². The van der Waals surface area contributed by atoms with Crippen LogP contribution in [0.1, 0.15) is 12.8 Å². The van der Waals surface area contributed by atoms with Crippen LogP contribution >= 0.6 is 0 Å². The van der Waals surface area contributed by atoms with Gasteiger partial charge in [0.2, 0.25) is 0 Å². The molecule has 34 heavy (non-hydrogen) atoms. The Labute approximate surface area is 217 Å². The van der Waals surface area contributed by atoms with Crippen LogP contribution in [-0.4, -0.2) is 56.7 Å². The molecule has 0 spiro atoms. The molecule has 0 atom stereocenters. The summed E-state index contributed by atoms with van der Waals surface area (Å²) in [5.41, 5.74) is 0. The number of allylic oxidation sites excluding steroid dienone is 3. The normalized spacial score (nSPS) is 11.3. The van der Waals surface area contributed by atoms with Gasteiger partial charge in [-0.1, -0.05) is 6.08 Å². The van der Waals surface area contributed by atoms with E-state index in [-0.39, 0.29) is 45.2 Å². The van der Waals surface area contributed by atoms with Crippen LogP contribution in [0.5, 0.6) is 0 Å². The smallest absolute Gasteiger partial charge is 0.289 e. The second kappa shape index (κ2) is 18.7. The molecule has 0 heterocycles. The fourth-order valence-electron chi connectivity index (χ4n) is 1.26. The standard InChI is InChI=1S/C5H5F4O4S2.C4H5F3O2S.C4H7FO2S.Y/c6-5(7)1-4(2-14(8,10)11)3-15(9,12)13;5-4(6)2-1-3-10(7,8)9;1-2-3-4-8(5,6)7;/h1H,2-3H2;2H,1,3H2;2H,1,3-4H2;/q-1;;;. The van der Waals surface area contributed by atoms with Gasteiger partial charge in [-0.3, -0.25) is 8.78 Å². The number of halogens is 8. The van der Waals surface area contributed by atoms with E-state index in [4.69, 9.17) is 0 Å². The molecule has 0 N–H and O–H groups in total. The Balaban J connectivity index is -0.000000207. The summed E-state index contributed by atoms with van der Waals surface area (Å²) in [7, 11) is -19.2. The van der Waals surface area contributed by atoms with E-state index in [2.05, 4.69) is 6.58 Å². The van der Waals surface area contributed by atoms with Crippen molar-refractivity contribution >= 4 is 40.9 Å².